The van der Waals surface area contributed by atoms with E-state index < -0.39 is 11.6 Å². The van der Waals surface area contributed by atoms with Crippen molar-refractivity contribution in [3.8, 4) is 11.4 Å². The van der Waals surface area contributed by atoms with Crippen molar-refractivity contribution in [3.05, 3.63) is 66.0 Å². The first-order valence-corrected chi connectivity index (χ1v) is 10.2. The predicted octanol–water partition coefficient (Wildman–Crippen LogP) is 4.25. The molecule has 32 heavy (non-hydrogen) atoms. The van der Waals surface area contributed by atoms with Crippen molar-refractivity contribution in [2.45, 2.75) is 6.92 Å². The zero-order chi connectivity index (χ0) is 22.1. The fourth-order valence-corrected chi connectivity index (χ4v) is 3.78. The van der Waals surface area contributed by atoms with E-state index in [1.165, 1.54) is 6.07 Å². The number of fused-ring (bicyclic) bond motifs is 1. The number of hydrogen-bond donors (Lipinski definition) is 1. The maximum atomic E-state index is 14.9. The fraction of sp³-hybridized carbons (Fsp3) is 0.217. The van der Waals surface area contributed by atoms with Gasteiger partial charge in [0, 0.05) is 43.2 Å². The van der Waals surface area contributed by atoms with Crippen LogP contribution in [0.4, 0.5) is 26.2 Å². The molecule has 0 aliphatic carbocycles. The molecule has 0 amide bonds. The van der Waals surface area contributed by atoms with Crippen molar-refractivity contribution in [2.24, 2.45) is 0 Å². The van der Waals surface area contributed by atoms with Gasteiger partial charge in [-0.25, -0.2) is 18.7 Å². The number of halogens is 2. The third-order valence-corrected chi connectivity index (χ3v) is 5.34. The van der Waals surface area contributed by atoms with E-state index in [1.807, 2.05) is 24.0 Å². The van der Waals surface area contributed by atoms with Crippen LogP contribution >= 0.6 is 0 Å². The van der Waals surface area contributed by atoms with E-state index in [2.05, 4.69) is 25.3 Å². The first-order valence-electron chi connectivity index (χ1n) is 10.2. The second-order valence-electron chi connectivity index (χ2n) is 7.42. The maximum absolute atomic E-state index is 14.9. The van der Waals surface area contributed by atoms with Crippen LogP contribution in [0.2, 0.25) is 0 Å². The lowest BCUT2D eigenvalue weighted by Gasteiger charge is -2.27. The average Bonchev–Trinajstić information content (AvgIpc) is 2.82. The molecule has 1 aromatic carbocycles. The summed E-state index contributed by atoms with van der Waals surface area (Å²) in [7, 11) is 0. The first-order chi connectivity index (χ1) is 15.6. The normalized spacial score (nSPS) is 14.0. The average molecular weight is 434 g/mol. The van der Waals surface area contributed by atoms with Gasteiger partial charge in [0.1, 0.15) is 17.5 Å². The zero-order valence-electron chi connectivity index (χ0n) is 17.3. The molecule has 5 rings (SSSR count). The molecule has 1 aliphatic rings. The highest BCUT2D eigenvalue weighted by atomic mass is 19.1. The van der Waals surface area contributed by atoms with Gasteiger partial charge in [0.25, 0.3) is 0 Å². The number of ether oxygens (including phenoxy) is 1. The highest BCUT2D eigenvalue weighted by Gasteiger charge is 2.20. The molecule has 0 unspecified atom stereocenters. The number of anilines is 3. The second kappa shape index (κ2) is 8.43. The maximum Gasteiger partial charge on any atom is 0.227 e. The van der Waals surface area contributed by atoms with Crippen LogP contribution in [-0.2, 0) is 4.74 Å². The number of nitrogens with one attached hydrogen (secondary N) is 1. The summed E-state index contributed by atoms with van der Waals surface area (Å²) in [5, 5.41) is 3.42. The number of pyridine rings is 2. The van der Waals surface area contributed by atoms with Crippen LogP contribution in [-0.4, -0.2) is 46.2 Å². The first kappa shape index (κ1) is 20.2. The summed E-state index contributed by atoms with van der Waals surface area (Å²) in [5.74, 6) is -0.340. The summed E-state index contributed by atoms with van der Waals surface area (Å²) in [6.07, 6.45) is 3.30. The van der Waals surface area contributed by atoms with Crippen LogP contribution in [0.5, 0.6) is 0 Å². The molecule has 1 fully saturated rings. The molecule has 0 bridgehead atoms. The molecular formula is C23H20F2N6O. The van der Waals surface area contributed by atoms with E-state index in [0.717, 1.165) is 6.07 Å². The van der Waals surface area contributed by atoms with Crippen LogP contribution in [0, 0.1) is 18.6 Å². The number of aromatic nitrogens is 4. The molecule has 0 saturated carbocycles. The van der Waals surface area contributed by atoms with Crippen molar-refractivity contribution in [2.75, 3.05) is 36.5 Å². The number of hydrogen-bond acceptors (Lipinski definition) is 7. The molecule has 9 heteroatoms. The Balaban J connectivity index is 1.64. The van der Waals surface area contributed by atoms with Gasteiger partial charge < -0.3 is 15.0 Å². The Bertz CT molecular complexity index is 1280. The third-order valence-electron chi connectivity index (χ3n) is 5.34. The van der Waals surface area contributed by atoms with Crippen molar-refractivity contribution in [1.82, 2.24) is 19.9 Å². The summed E-state index contributed by atoms with van der Waals surface area (Å²) < 4.78 is 34.3. The van der Waals surface area contributed by atoms with Crippen LogP contribution in [0.15, 0.2) is 48.8 Å². The summed E-state index contributed by atoms with van der Waals surface area (Å²) in [6.45, 7) is 4.43. The minimum atomic E-state index is -0.701. The molecule has 3 aromatic heterocycles. The minimum absolute atomic E-state index is 0.190. The number of nitrogens with zero attached hydrogens (tertiary/aromatic N) is 5. The largest absolute Gasteiger partial charge is 0.378 e. The van der Waals surface area contributed by atoms with Crippen LogP contribution in [0.1, 0.15) is 5.56 Å². The molecule has 162 valence electrons. The SMILES string of the molecule is Cc1c(-c2ccccn2)nc2cc(F)cc(F)c2c1Nc1ccnc(N2CCOCC2)n1. The smallest absolute Gasteiger partial charge is 0.227 e. The molecule has 1 aliphatic heterocycles. The monoisotopic (exact) mass is 434 g/mol. The molecule has 4 aromatic rings. The summed E-state index contributed by atoms with van der Waals surface area (Å²) >= 11 is 0. The lowest BCUT2D eigenvalue weighted by molar-refractivity contribution is 0.122. The molecule has 1 saturated heterocycles. The Morgan fingerprint density at radius 1 is 1.00 bits per heavy atom. The predicted molar refractivity (Wildman–Crippen MR) is 118 cm³/mol. The van der Waals surface area contributed by atoms with Crippen molar-refractivity contribution in [1.29, 1.82) is 0 Å². The van der Waals surface area contributed by atoms with E-state index >= 15 is 0 Å². The van der Waals surface area contributed by atoms with Gasteiger partial charge in [-0.05, 0) is 25.1 Å². The van der Waals surface area contributed by atoms with Crippen LogP contribution in [0.3, 0.4) is 0 Å². The van der Waals surface area contributed by atoms with Crippen molar-refractivity contribution in [3.63, 3.8) is 0 Å². The highest BCUT2D eigenvalue weighted by molar-refractivity contribution is 5.97. The quantitative estimate of drug-likeness (QED) is 0.515. The molecule has 7 nitrogen and oxygen atoms in total. The standard InChI is InChI=1S/C23H20F2N6O/c1-14-21(17-4-2-3-6-26-17)28-18-13-15(24)12-16(25)20(18)22(14)29-19-5-7-27-23(30-19)31-8-10-32-11-9-31/h2-7,12-13H,8-11H2,1H3,(H,27,28,29,30). The third kappa shape index (κ3) is 3.82. The van der Waals surface area contributed by atoms with Gasteiger partial charge in [-0.3, -0.25) is 4.98 Å². The Morgan fingerprint density at radius 3 is 2.62 bits per heavy atom. The van der Waals surface area contributed by atoms with Gasteiger partial charge >= 0.3 is 0 Å². The van der Waals surface area contributed by atoms with Gasteiger partial charge in [0.2, 0.25) is 5.95 Å². The van der Waals surface area contributed by atoms with Crippen molar-refractivity contribution < 1.29 is 13.5 Å². The molecule has 1 N–H and O–H groups in total. The minimum Gasteiger partial charge on any atom is -0.378 e. The molecular weight excluding hydrogens is 414 g/mol. The second-order valence-corrected chi connectivity index (χ2v) is 7.42. The lowest BCUT2D eigenvalue weighted by Crippen LogP contribution is -2.37. The van der Waals surface area contributed by atoms with E-state index in [1.54, 1.807) is 24.5 Å². The molecule has 4 heterocycles. The topological polar surface area (TPSA) is 76.1 Å². The Hall–Kier alpha value is -3.72. The highest BCUT2D eigenvalue weighted by Crippen LogP contribution is 2.36. The van der Waals surface area contributed by atoms with E-state index in [4.69, 9.17) is 4.74 Å². The van der Waals surface area contributed by atoms with Gasteiger partial charge in [-0.1, -0.05) is 6.07 Å². The number of rotatable bonds is 4. The zero-order valence-corrected chi connectivity index (χ0v) is 17.3. The summed E-state index contributed by atoms with van der Waals surface area (Å²) in [5.41, 5.74) is 2.47. The van der Waals surface area contributed by atoms with Gasteiger partial charge in [-0.2, -0.15) is 4.98 Å². The van der Waals surface area contributed by atoms with E-state index in [0.29, 0.717) is 60.7 Å². The molecule has 0 spiro atoms. The van der Waals surface area contributed by atoms with Crippen LogP contribution < -0.4 is 10.2 Å². The van der Waals surface area contributed by atoms with Gasteiger partial charge in [0.15, 0.2) is 0 Å². The number of morpholine rings is 1. The fourth-order valence-electron chi connectivity index (χ4n) is 3.78. The van der Waals surface area contributed by atoms with E-state index in [9.17, 15) is 8.78 Å². The van der Waals surface area contributed by atoms with Crippen molar-refractivity contribution >= 4 is 28.4 Å². The number of benzene rings is 1. The summed E-state index contributed by atoms with van der Waals surface area (Å²) in [6, 6.07) is 9.22. The molecule has 0 radical (unpaired) electrons. The van der Waals surface area contributed by atoms with Gasteiger partial charge in [-0.15, -0.1) is 0 Å². The Labute approximate surface area is 183 Å². The molecule has 0 atom stereocenters. The Morgan fingerprint density at radius 2 is 1.84 bits per heavy atom. The van der Waals surface area contributed by atoms with Crippen LogP contribution in [0.25, 0.3) is 22.3 Å². The summed E-state index contributed by atoms with van der Waals surface area (Å²) in [4.78, 5) is 19.9. The lowest BCUT2D eigenvalue weighted by atomic mass is 10.0. The van der Waals surface area contributed by atoms with E-state index in [-0.39, 0.29) is 10.9 Å². The van der Waals surface area contributed by atoms with Gasteiger partial charge in [0.05, 0.1) is 41.2 Å². The Kier molecular flexibility index (Phi) is 5.32.